The molecule has 0 aliphatic carbocycles. The highest BCUT2D eigenvalue weighted by atomic mass is 16.1. The molecule has 22 heavy (non-hydrogen) atoms. The first-order valence-electron chi connectivity index (χ1n) is 7.71. The van der Waals surface area contributed by atoms with Gasteiger partial charge in [0.1, 0.15) is 5.82 Å². The van der Waals surface area contributed by atoms with E-state index in [9.17, 15) is 4.79 Å². The van der Waals surface area contributed by atoms with E-state index in [1.54, 1.807) is 0 Å². The summed E-state index contributed by atoms with van der Waals surface area (Å²) in [6.07, 6.45) is 0.911. The molecule has 0 spiro atoms. The van der Waals surface area contributed by atoms with Gasteiger partial charge < -0.3 is 4.98 Å². The van der Waals surface area contributed by atoms with Crippen molar-refractivity contribution in [2.45, 2.75) is 33.1 Å². The normalized spacial score (nSPS) is 11.3. The first-order valence-corrected chi connectivity index (χ1v) is 7.71. The summed E-state index contributed by atoms with van der Waals surface area (Å²) in [5, 5.41) is 0.655. The van der Waals surface area contributed by atoms with Gasteiger partial charge in [-0.2, -0.15) is 0 Å². The average Bonchev–Trinajstić information content (AvgIpc) is 2.54. The van der Waals surface area contributed by atoms with E-state index in [1.165, 1.54) is 5.56 Å². The van der Waals surface area contributed by atoms with Crippen LogP contribution in [0, 0.1) is 0 Å². The van der Waals surface area contributed by atoms with Crippen LogP contribution in [0.1, 0.15) is 37.8 Å². The maximum atomic E-state index is 12.3. The van der Waals surface area contributed by atoms with Gasteiger partial charge in [-0.3, -0.25) is 4.79 Å². The minimum absolute atomic E-state index is 0.0803. The van der Waals surface area contributed by atoms with Crippen LogP contribution in [0.15, 0.2) is 47.3 Å². The van der Waals surface area contributed by atoms with E-state index < -0.39 is 0 Å². The molecule has 2 aromatic carbocycles. The predicted octanol–water partition coefficient (Wildman–Crippen LogP) is 4.28. The van der Waals surface area contributed by atoms with Crippen molar-refractivity contribution in [3.8, 4) is 11.4 Å². The van der Waals surface area contributed by atoms with E-state index >= 15 is 0 Å². The number of rotatable bonds is 3. The quantitative estimate of drug-likeness (QED) is 0.783. The number of aromatic amines is 1. The maximum Gasteiger partial charge on any atom is 0.259 e. The molecule has 1 N–H and O–H groups in total. The van der Waals surface area contributed by atoms with Crippen LogP contribution in [0.25, 0.3) is 22.3 Å². The van der Waals surface area contributed by atoms with Gasteiger partial charge in [0.05, 0.1) is 10.9 Å². The molecule has 0 bridgehead atoms. The standard InChI is InChI=1S/C19H20N2O/c1-4-13-5-10-17-16(11-13)19(22)21-18(20-17)15-8-6-14(7-9-15)12(2)3/h5-12H,4H2,1-3H3,(H,20,21,22). The van der Waals surface area contributed by atoms with Crippen LogP contribution in [-0.2, 0) is 6.42 Å². The van der Waals surface area contributed by atoms with Crippen LogP contribution < -0.4 is 5.56 Å². The van der Waals surface area contributed by atoms with Crippen LogP contribution in [0.5, 0.6) is 0 Å². The fourth-order valence-corrected chi connectivity index (χ4v) is 2.57. The minimum atomic E-state index is -0.0803. The molecule has 3 heteroatoms. The second kappa shape index (κ2) is 5.76. The zero-order valence-electron chi connectivity index (χ0n) is 13.2. The second-order valence-corrected chi connectivity index (χ2v) is 5.90. The molecule has 0 amide bonds. The number of aromatic nitrogens is 2. The fraction of sp³-hybridized carbons (Fsp3) is 0.263. The van der Waals surface area contributed by atoms with Gasteiger partial charge in [0.15, 0.2) is 0 Å². The van der Waals surface area contributed by atoms with E-state index in [1.807, 2.05) is 30.3 Å². The van der Waals surface area contributed by atoms with Gasteiger partial charge in [-0.05, 0) is 35.6 Å². The summed E-state index contributed by atoms with van der Waals surface area (Å²) in [7, 11) is 0. The highest BCUT2D eigenvalue weighted by molar-refractivity contribution is 5.80. The number of hydrogen-bond donors (Lipinski definition) is 1. The van der Waals surface area contributed by atoms with E-state index in [2.05, 4.69) is 42.9 Å². The number of aryl methyl sites for hydroxylation is 1. The maximum absolute atomic E-state index is 12.3. The lowest BCUT2D eigenvalue weighted by atomic mass is 10.0. The lowest BCUT2D eigenvalue weighted by Gasteiger charge is -2.07. The number of fused-ring (bicyclic) bond motifs is 1. The third kappa shape index (κ3) is 2.67. The van der Waals surface area contributed by atoms with E-state index in [-0.39, 0.29) is 5.56 Å². The van der Waals surface area contributed by atoms with Gasteiger partial charge in [-0.1, -0.05) is 51.1 Å². The Kier molecular flexibility index (Phi) is 3.80. The summed E-state index contributed by atoms with van der Waals surface area (Å²) in [6, 6.07) is 14.1. The van der Waals surface area contributed by atoms with Crippen LogP contribution in [0.2, 0.25) is 0 Å². The Morgan fingerprint density at radius 3 is 2.45 bits per heavy atom. The predicted molar refractivity (Wildman–Crippen MR) is 91.3 cm³/mol. The minimum Gasteiger partial charge on any atom is -0.306 e. The molecule has 112 valence electrons. The van der Waals surface area contributed by atoms with Gasteiger partial charge in [0.2, 0.25) is 0 Å². The molecule has 0 atom stereocenters. The summed E-state index contributed by atoms with van der Waals surface area (Å²) in [6.45, 7) is 6.40. The molecule has 0 saturated heterocycles. The van der Waals surface area contributed by atoms with Crippen molar-refractivity contribution in [1.29, 1.82) is 0 Å². The summed E-state index contributed by atoms with van der Waals surface area (Å²) in [4.78, 5) is 19.8. The van der Waals surface area contributed by atoms with Gasteiger partial charge >= 0.3 is 0 Å². The van der Waals surface area contributed by atoms with E-state index in [0.717, 1.165) is 23.1 Å². The zero-order chi connectivity index (χ0) is 15.7. The largest absolute Gasteiger partial charge is 0.306 e. The SMILES string of the molecule is CCc1ccc2nc(-c3ccc(C(C)C)cc3)[nH]c(=O)c2c1. The fourth-order valence-electron chi connectivity index (χ4n) is 2.57. The average molecular weight is 292 g/mol. The lowest BCUT2D eigenvalue weighted by molar-refractivity contribution is 0.867. The molecule has 3 nitrogen and oxygen atoms in total. The number of benzene rings is 2. The summed E-state index contributed by atoms with van der Waals surface area (Å²) in [5.41, 5.74) is 4.02. The van der Waals surface area contributed by atoms with Crippen molar-refractivity contribution in [1.82, 2.24) is 9.97 Å². The first kappa shape index (κ1) is 14.5. The molecular weight excluding hydrogens is 272 g/mol. The molecule has 0 fully saturated rings. The zero-order valence-corrected chi connectivity index (χ0v) is 13.2. The first-order chi connectivity index (χ1) is 10.6. The highest BCUT2D eigenvalue weighted by Gasteiger charge is 2.07. The van der Waals surface area contributed by atoms with Crippen molar-refractivity contribution in [2.75, 3.05) is 0 Å². The molecule has 0 saturated carbocycles. The van der Waals surface area contributed by atoms with Gasteiger partial charge in [-0.25, -0.2) is 4.98 Å². The Hall–Kier alpha value is -2.42. The van der Waals surface area contributed by atoms with Crippen molar-refractivity contribution in [3.63, 3.8) is 0 Å². The lowest BCUT2D eigenvalue weighted by Crippen LogP contribution is -2.10. The number of nitrogens with zero attached hydrogens (tertiary/aromatic N) is 1. The topological polar surface area (TPSA) is 45.8 Å². The van der Waals surface area contributed by atoms with E-state index in [4.69, 9.17) is 0 Å². The van der Waals surface area contributed by atoms with Crippen molar-refractivity contribution in [2.24, 2.45) is 0 Å². The second-order valence-electron chi connectivity index (χ2n) is 5.90. The summed E-state index contributed by atoms with van der Waals surface area (Å²) >= 11 is 0. The smallest absolute Gasteiger partial charge is 0.259 e. The Balaban J connectivity index is 2.10. The van der Waals surface area contributed by atoms with Crippen molar-refractivity contribution >= 4 is 10.9 Å². The Labute approximate surface area is 130 Å². The van der Waals surface area contributed by atoms with Crippen LogP contribution >= 0.6 is 0 Å². The number of hydrogen-bond acceptors (Lipinski definition) is 2. The molecule has 0 aliphatic heterocycles. The van der Waals surface area contributed by atoms with Gasteiger partial charge in [-0.15, -0.1) is 0 Å². The van der Waals surface area contributed by atoms with E-state index in [0.29, 0.717) is 17.1 Å². The van der Waals surface area contributed by atoms with Crippen molar-refractivity contribution in [3.05, 3.63) is 63.9 Å². The summed E-state index contributed by atoms with van der Waals surface area (Å²) < 4.78 is 0. The Morgan fingerprint density at radius 2 is 1.82 bits per heavy atom. The highest BCUT2D eigenvalue weighted by Crippen LogP contribution is 2.21. The molecular formula is C19H20N2O. The molecule has 1 heterocycles. The molecule has 3 rings (SSSR count). The molecule has 0 aliphatic rings. The molecule has 0 radical (unpaired) electrons. The molecule has 3 aromatic rings. The van der Waals surface area contributed by atoms with Crippen LogP contribution in [0.4, 0.5) is 0 Å². The monoisotopic (exact) mass is 292 g/mol. The van der Waals surface area contributed by atoms with Gasteiger partial charge in [0.25, 0.3) is 5.56 Å². The van der Waals surface area contributed by atoms with Gasteiger partial charge in [0, 0.05) is 5.56 Å². The molecule has 1 aromatic heterocycles. The third-order valence-electron chi connectivity index (χ3n) is 4.03. The van der Waals surface area contributed by atoms with Crippen LogP contribution in [-0.4, -0.2) is 9.97 Å². The third-order valence-corrected chi connectivity index (χ3v) is 4.03. The van der Waals surface area contributed by atoms with Crippen LogP contribution in [0.3, 0.4) is 0 Å². The van der Waals surface area contributed by atoms with Crippen molar-refractivity contribution < 1.29 is 0 Å². The number of nitrogens with one attached hydrogen (secondary N) is 1. The Bertz CT molecular complexity index is 861. The summed E-state index contributed by atoms with van der Waals surface area (Å²) in [5.74, 6) is 1.11. The Morgan fingerprint density at radius 1 is 1.09 bits per heavy atom. The molecule has 0 unspecified atom stereocenters. The number of H-pyrrole nitrogens is 1.